The number of pyridine rings is 1. The van der Waals surface area contributed by atoms with Crippen LogP contribution in [0.15, 0.2) is 36.5 Å². The van der Waals surface area contributed by atoms with Crippen molar-refractivity contribution in [3.05, 3.63) is 47.8 Å². The first-order valence-corrected chi connectivity index (χ1v) is 6.36. The summed E-state index contributed by atoms with van der Waals surface area (Å²) in [5, 5.41) is 2.77. The maximum Gasteiger partial charge on any atom is 0.255 e. The number of anilines is 2. The van der Waals surface area contributed by atoms with Crippen LogP contribution in [0.2, 0.25) is 0 Å². The van der Waals surface area contributed by atoms with E-state index in [1.54, 1.807) is 30.5 Å². The van der Waals surface area contributed by atoms with Gasteiger partial charge in [0.2, 0.25) is 0 Å². The lowest BCUT2D eigenvalue weighted by atomic mass is 10.1. The Morgan fingerprint density at radius 2 is 2.15 bits per heavy atom. The first kappa shape index (κ1) is 13.9. The first-order chi connectivity index (χ1) is 9.58. The maximum atomic E-state index is 12.2. The van der Waals surface area contributed by atoms with Crippen LogP contribution in [-0.2, 0) is 0 Å². The third kappa shape index (κ3) is 3.47. The van der Waals surface area contributed by atoms with Crippen molar-refractivity contribution in [2.75, 3.05) is 17.7 Å². The zero-order valence-electron chi connectivity index (χ0n) is 11.5. The number of benzene rings is 1. The van der Waals surface area contributed by atoms with Gasteiger partial charge in [0.15, 0.2) is 0 Å². The zero-order valence-corrected chi connectivity index (χ0v) is 11.5. The summed E-state index contributed by atoms with van der Waals surface area (Å²) in [5.41, 5.74) is 8.24. The van der Waals surface area contributed by atoms with Crippen LogP contribution in [0.5, 0.6) is 5.75 Å². The van der Waals surface area contributed by atoms with Crippen molar-refractivity contribution < 1.29 is 9.53 Å². The van der Waals surface area contributed by atoms with Crippen molar-refractivity contribution in [1.29, 1.82) is 0 Å². The highest BCUT2D eigenvalue weighted by atomic mass is 16.5. The van der Waals surface area contributed by atoms with E-state index in [1.165, 1.54) is 0 Å². The fraction of sp³-hybridized carbons (Fsp3) is 0.200. The molecule has 104 valence electrons. The van der Waals surface area contributed by atoms with Crippen molar-refractivity contribution in [2.45, 2.75) is 13.8 Å². The Balaban J connectivity index is 2.18. The number of nitrogens with two attached hydrogens (primary N) is 1. The predicted molar refractivity (Wildman–Crippen MR) is 79.0 cm³/mol. The van der Waals surface area contributed by atoms with Gasteiger partial charge in [0.25, 0.3) is 5.91 Å². The molecule has 1 aromatic carbocycles. The molecule has 0 aliphatic carbocycles. The Morgan fingerprint density at radius 1 is 1.35 bits per heavy atom. The maximum absolute atomic E-state index is 12.2. The smallest absolute Gasteiger partial charge is 0.255 e. The topological polar surface area (TPSA) is 77.2 Å². The summed E-state index contributed by atoms with van der Waals surface area (Å²) in [6.45, 7) is 4.28. The fourth-order valence-corrected chi connectivity index (χ4v) is 1.75. The molecule has 0 spiro atoms. The SMILES string of the molecule is CCOc1cc(N)cc(C(=O)Nc2ccc(C)nc2)c1. The minimum atomic E-state index is -0.246. The van der Waals surface area contributed by atoms with Crippen LogP contribution < -0.4 is 15.8 Å². The second kappa shape index (κ2) is 6.06. The van der Waals surface area contributed by atoms with E-state index in [1.807, 2.05) is 19.9 Å². The Hall–Kier alpha value is -2.56. The Morgan fingerprint density at radius 3 is 2.80 bits per heavy atom. The van der Waals surface area contributed by atoms with E-state index in [4.69, 9.17) is 10.5 Å². The van der Waals surface area contributed by atoms with Gasteiger partial charge in [0.1, 0.15) is 5.75 Å². The molecule has 0 radical (unpaired) electrons. The highest BCUT2D eigenvalue weighted by Gasteiger charge is 2.09. The number of nitrogens with zero attached hydrogens (tertiary/aromatic N) is 1. The molecule has 2 rings (SSSR count). The van der Waals surface area contributed by atoms with Crippen LogP contribution in [0.4, 0.5) is 11.4 Å². The number of carbonyl (C=O) groups is 1. The molecule has 1 aromatic heterocycles. The van der Waals surface area contributed by atoms with Gasteiger partial charge >= 0.3 is 0 Å². The number of amides is 1. The molecule has 5 nitrogen and oxygen atoms in total. The quantitative estimate of drug-likeness (QED) is 0.838. The molecule has 0 saturated heterocycles. The van der Waals surface area contributed by atoms with Crippen molar-refractivity contribution in [2.24, 2.45) is 0 Å². The summed E-state index contributed by atoms with van der Waals surface area (Å²) in [6.07, 6.45) is 1.61. The number of nitrogens with one attached hydrogen (secondary N) is 1. The van der Waals surface area contributed by atoms with Gasteiger partial charge in [-0.25, -0.2) is 0 Å². The summed E-state index contributed by atoms with van der Waals surface area (Å²) in [6, 6.07) is 8.60. The van der Waals surface area contributed by atoms with Gasteiger partial charge in [-0.05, 0) is 38.1 Å². The zero-order chi connectivity index (χ0) is 14.5. The van der Waals surface area contributed by atoms with Gasteiger partial charge in [-0.1, -0.05) is 0 Å². The number of hydrogen-bond acceptors (Lipinski definition) is 4. The van der Waals surface area contributed by atoms with Crippen LogP contribution in [0.1, 0.15) is 23.0 Å². The van der Waals surface area contributed by atoms with Gasteiger partial charge in [-0.3, -0.25) is 9.78 Å². The van der Waals surface area contributed by atoms with Crippen LogP contribution in [0.25, 0.3) is 0 Å². The average Bonchev–Trinajstić information content (AvgIpc) is 2.41. The molecule has 0 unspecified atom stereocenters. The Labute approximate surface area is 117 Å². The standard InChI is InChI=1S/C15H17N3O2/c1-3-20-14-7-11(6-12(16)8-14)15(19)18-13-5-4-10(2)17-9-13/h4-9H,3,16H2,1-2H3,(H,18,19). The van der Waals surface area contributed by atoms with Gasteiger partial charge in [0, 0.05) is 23.0 Å². The van der Waals surface area contributed by atoms with Gasteiger partial charge in [-0.15, -0.1) is 0 Å². The third-order valence-corrected chi connectivity index (χ3v) is 2.67. The molecule has 1 amide bonds. The number of aryl methyl sites for hydroxylation is 1. The molecule has 3 N–H and O–H groups in total. The summed E-state index contributed by atoms with van der Waals surface area (Å²) in [7, 11) is 0. The normalized spacial score (nSPS) is 10.1. The lowest BCUT2D eigenvalue weighted by molar-refractivity contribution is 0.102. The predicted octanol–water partition coefficient (Wildman–Crippen LogP) is 2.62. The van der Waals surface area contributed by atoms with Crippen LogP contribution in [-0.4, -0.2) is 17.5 Å². The van der Waals surface area contributed by atoms with Gasteiger partial charge < -0.3 is 15.8 Å². The lowest BCUT2D eigenvalue weighted by Gasteiger charge is -2.09. The summed E-state index contributed by atoms with van der Waals surface area (Å²) < 4.78 is 5.37. The van der Waals surface area contributed by atoms with Crippen LogP contribution >= 0.6 is 0 Å². The Kier molecular flexibility index (Phi) is 4.20. The highest BCUT2D eigenvalue weighted by molar-refractivity contribution is 6.05. The van der Waals surface area contributed by atoms with E-state index in [0.29, 0.717) is 29.3 Å². The fourth-order valence-electron chi connectivity index (χ4n) is 1.75. The van der Waals surface area contributed by atoms with E-state index < -0.39 is 0 Å². The minimum absolute atomic E-state index is 0.246. The molecule has 0 aliphatic heterocycles. The summed E-state index contributed by atoms with van der Waals surface area (Å²) in [5.74, 6) is 0.337. The lowest BCUT2D eigenvalue weighted by Crippen LogP contribution is -2.12. The van der Waals surface area contributed by atoms with E-state index in [0.717, 1.165) is 5.69 Å². The van der Waals surface area contributed by atoms with Crippen molar-refractivity contribution in [1.82, 2.24) is 4.98 Å². The molecule has 0 bridgehead atoms. The van der Waals surface area contributed by atoms with E-state index in [2.05, 4.69) is 10.3 Å². The molecule has 0 aliphatic rings. The minimum Gasteiger partial charge on any atom is -0.494 e. The monoisotopic (exact) mass is 271 g/mol. The molecule has 5 heteroatoms. The van der Waals surface area contributed by atoms with Crippen molar-refractivity contribution >= 4 is 17.3 Å². The number of nitrogen functional groups attached to an aromatic ring is 1. The molecule has 1 heterocycles. The van der Waals surface area contributed by atoms with E-state index >= 15 is 0 Å². The van der Waals surface area contributed by atoms with Gasteiger partial charge in [-0.2, -0.15) is 0 Å². The molecular weight excluding hydrogens is 254 g/mol. The second-order valence-electron chi connectivity index (χ2n) is 4.37. The molecule has 0 atom stereocenters. The largest absolute Gasteiger partial charge is 0.494 e. The van der Waals surface area contributed by atoms with Crippen molar-refractivity contribution in [3.8, 4) is 5.75 Å². The highest BCUT2D eigenvalue weighted by Crippen LogP contribution is 2.20. The van der Waals surface area contributed by atoms with Gasteiger partial charge in [0.05, 0.1) is 18.5 Å². The number of aromatic nitrogens is 1. The number of hydrogen-bond donors (Lipinski definition) is 2. The molecular formula is C15H17N3O2. The first-order valence-electron chi connectivity index (χ1n) is 6.36. The number of rotatable bonds is 4. The third-order valence-electron chi connectivity index (χ3n) is 2.67. The molecule has 20 heavy (non-hydrogen) atoms. The van der Waals surface area contributed by atoms with Crippen molar-refractivity contribution in [3.63, 3.8) is 0 Å². The summed E-state index contributed by atoms with van der Waals surface area (Å²) >= 11 is 0. The second-order valence-corrected chi connectivity index (χ2v) is 4.37. The Bertz CT molecular complexity index is 609. The number of carbonyl (C=O) groups excluding carboxylic acids is 1. The molecule has 0 saturated carbocycles. The summed E-state index contributed by atoms with van der Waals surface area (Å²) in [4.78, 5) is 16.3. The average molecular weight is 271 g/mol. The molecule has 2 aromatic rings. The number of ether oxygens (including phenoxy) is 1. The van der Waals surface area contributed by atoms with Crippen LogP contribution in [0.3, 0.4) is 0 Å². The van der Waals surface area contributed by atoms with E-state index in [9.17, 15) is 4.79 Å². The van der Waals surface area contributed by atoms with E-state index in [-0.39, 0.29) is 5.91 Å². The molecule has 0 fully saturated rings. The van der Waals surface area contributed by atoms with Crippen LogP contribution in [0, 0.1) is 6.92 Å².